The molecule has 1 aliphatic heterocycles. The van der Waals surface area contributed by atoms with Crippen molar-refractivity contribution in [2.24, 2.45) is 11.8 Å². The summed E-state index contributed by atoms with van der Waals surface area (Å²) in [6, 6.07) is 0.370. The van der Waals surface area contributed by atoms with Gasteiger partial charge in [-0.05, 0) is 25.7 Å². The van der Waals surface area contributed by atoms with Gasteiger partial charge in [0.2, 0.25) is 5.91 Å². The first-order valence-corrected chi connectivity index (χ1v) is 6.90. The summed E-state index contributed by atoms with van der Waals surface area (Å²) in [6.45, 7) is 5.12. The number of hydrogen-bond acceptors (Lipinski definition) is 3. The molecule has 0 radical (unpaired) electrons. The number of likely N-dealkylation sites (tertiary alicyclic amines) is 1. The molecule has 2 saturated carbocycles. The second kappa shape index (κ2) is 4.67. The van der Waals surface area contributed by atoms with Crippen molar-refractivity contribution in [3.8, 4) is 0 Å². The fourth-order valence-corrected chi connectivity index (χ4v) is 3.60. The fourth-order valence-electron chi connectivity index (χ4n) is 3.60. The Labute approximate surface area is 108 Å². The van der Waals surface area contributed by atoms with Crippen molar-refractivity contribution < 1.29 is 14.6 Å². The van der Waals surface area contributed by atoms with E-state index in [0.29, 0.717) is 37.5 Å². The summed E-state index contributed by atoms with van der Waals surface area (Å²) in [5.74, 6) is 0.839. The Morgan fingerprint density at radius 2 is 2.17 bits per heavy atom. The van der Waals surface area contributed by atoms with Crippen LogP contribution >= 0.6 is 0 Å². The number of piperidine rings is 1. The predicted molar refractivity (Wildman–Crippen MR) is 66.9 cm³/mol. The van der Waals surface area contributed by atoms with Crippen molar-refractivity contribution in [3.63, 3.8) is 0 Å². The molecule has 1 saturated heterocycles. The first kappa shape index (κ1) is 12.2. The molecule has 3 unspecified atom stereocenters. The Morgan fingerprint density at radius 1 is 1.39 bits per heavy atom. The molecule has 2 aliphatic carbocycles. The molecule has 0 aromatic rings. The Bertz CT molecular complexity index is 351. The maximum absolute atomic E-state index is 12.2. The second-order valence-corrected chi connectivity index (χ2v) is 5.86. The number of fused-ring (bicyclic) bond motifs is 2. The largest absolute Gasteiger partial charge is 0.393 e. The molecule has 1 heterocycles. The Kier molecular flexibility index (Phi) is 3.16. The highest BCUT2D eigenvalue weighted by Gasteiger charge is 2.49. The minimum absolute atomic E-state index is 0.0758. The number of rotatable bonds is 4. The third-order valence-corrected chi connectivity index (χ3v) is 4.65. The van der Waals surface area contributed by atoms with Crippen LogP contribution in [0.1, 0.15) is 25.7 Å². The van der Waals surface area contributed by atoms with Crippen LogP contribution in [-0.2, 0) is 9.53 Å². The molecule has 3 fully saturated rings. The van der Waals surface area contributed by atoms with Gasteiger partial charge in [-0.2, -0.15) is 0 Å². The first-order chi connectivity index (χ1) is 8.69. The zero-order valence-corrected chi connectivity index (χ0v) is 10.6. The molecule has 2 bridgehead atoms. The van der Waals surface area contributed by atoms with Gasteiger partial charge in [0.1, 0.15) is 0 Å². The number of hydrogen-bond donors (Lipinski definition) is 1. The Morgan fingerprint density at radius 3 is 2.72 bits per heavy atom. The van der Waals surface area contributed by atoms with Crippen LogP contribution in [0.5, 0.6) is 0 Å². The maximum Gasteiger partial charge on any atom is 0.226 e. The van der Waals surface area contributed by atoms with E-state index in [1.807, 2.05) is 4.90 Å². The average molecular weight is 251 g/mol. The Hall–Kier alpha value is -0.870. The Balaban J connectivity index is 1.54. The number of nitrogens with zero attached hydrogens (tertiary/aromatic N) is 1. The zero-order valence-electron chi connectivity index (χ0n) is 10.6. The zero-order chi connectivity index (χ0) is 12.7. The monoisotopic (exact) mass is 251 g/mol. The van der Waals surface area contributed by atoms with Gasteiger partial charge < -0.3 is 14.7 Å². The van der Waals surface area contributed by atoms with E-state index in [4.69, 9.17) is 4.74 Å². The third-order valence-electron chi connectivity index (χ3n) is 4.65. The molecular weight excluding hydrogens is 230 g/mol. The number of aliphatic hydroxyl groups is 1. The molecule has 100 valence electrons. The molecular formula is C14H21NO3. The van der Waals surface area contributed by atoms with E-state index in [1.54, 1.807) is 6.08 Å². The van der Waals surface area contributed by atoms with E-state index < -0.39 is 0 Å². The molecule has 3 rings (SSSR count). The summed E-state index contributed by atoms with van der Waals surface area (Å²) < 4.78 is 5.74. The van der Waals surface area contributed by atoms with Crippen molar-refractivity contribution in [3.05, 3.63) is 12.7 Å². The van der Waals surface area contributed by atoms with Gasteiger partial charge in [-0.15, -0.1) is 6.58 Å². The summed E-state index contributed by atoms with van der Waals surface area (Å²) in [7, 11) is 0. The molecule has 1 N–H and O–H groups in total. The molecule has 3 aliphatic rings. The average Bonchev–Trinajstić information content (AvgIpc) is 2.90. The van der Waals surface area contributed by atoms with Crippen molar-refractivity contribution >= 4 is 5.91 Å². The lowest BCUT2D eigenvalue weighted by Crippen LogP contribution is -2.48. The normalized spacial score (nSPS) is 41.8. The highest BCUT2D eigenvalue weighted by atomic mass is 16.5. The molecule has 3 atom stereocenters. The van der Waals surface area contributed by atoms with E-state index in [1.165, 1.54) is 0 Å². The van der Waals surface area contributed by atoms with Crippen molar-refractivity contribution in [2.45, 2.75) is 43.9 Å². The van der Waals surface area contributed by atoms with Crippen LogP contribution in [0.15, 0.2) is 12.7 Å². The third kappa shape index (κ3) is 1.97. The van der Waals surface area contributed by atoms with Crippen LogP contribution in [0.4, 0.5) is 0 Å². The summed E-state index contributed by atoms with van der Waals surface area (Å²) in [4.78, 5) is 14.3. The maximum atomic E-state index is 12.2. The summed E-state index contributed by atoms with van der Waals surface area (Å²) in [6.07, 6.45) is 5.21. The van der Waals surface area contributed by atoms with Gasteiger partial charge in [0.25, 0.3) is 0 Å². The summed E-state index contributed by atoms with van der Waals surface area (Å²) in [5.41, 5.74) is 0. The topological polar surface area (TPSA) is 49.8 Å². The van der Waals surface area contributed by atoms with Crippen LogP contribution in [0.25, 0.3) is 0 Å². The number of ether oxygens (including phenoxy) is 1. The number of carbonyl (C=O) groups excluding carboxylic acids is 1. The SMILES string of the molecule is C=CCOC1CC2CC1CN2C(=O)C1CC(O)C1. The van der Waals surface area contributed by atoms with Gasteiger partial charge in [-0.1, -0.05) is 6.08 Å². The molecule has 0 spiro atoms. The van der Waals surface area contributed by atoms with Gasteiger partial charge in [-0.3, -0.25) is 4.79 Å². The minimum Gasteiger partial charge on any atom is -0.393 e. The minimum atomic E-state index is -0.248. The van der Waals surface area contributed by atoms with Crippen molar-refractivity contribution in [1.29, 1.82) is 0 Å². The van der Waals surface area contributed by atoms with Gasteiger partial charge in [0.15, 0.2) is 0 Å². The molecule has 4 nitrogen and oxygen atoms in total. The molecule has 1 amide bonds. The van der Waals surface area contributed by atoms with Crippen LogP contribution in [-0.4, -0.2) is 47.3 Å². The van der Waals surface area contributed by atoms with Crippen molar-refractivity contribution in [2.75, 3.05) is 13.2 Å². The van der Waals surface area contributed by atoms with Gasteiger partial charge in [0, 0.05) is 24.4 Å². The lowest BCUT2D eigenvalue weighted by Gasteiger charge is -2.38. The van der Waals surface area contributed by atoms with Crippen LogP contribution in [0.3, 0.4) is 0 Å². The van der Waals surface area contributed by atoms with Crippen LogP contribution in [0.2, 0.25) is 0 Å². The lowest BCUT2D eigenvalue weighted by atomic mass is 9.81. The van der Waals surface area contributed by atoms with E-state index in [9.17, 15) is 9.90 Å². The van der Waals surface area contributed by atoms with Gasteiger partial charge in [0.05, 0.1) is 18.8 Å². The number of amides is 1. The molecule has 4 heteroatoms. The molecule has 18 heavy (non-hydrogen) atoms. The second-order valence-electron chi connectivity index (χ2n) is 5.86. The summed E-state index contributed by atoms with van der Waals surface area (Å²) >= 11 is 0. The number of carbonyl (C=O) groups is 1. The van der Waals surface area contributed by atoms with E-state index in [2.05, 4.69) is 6.58 Å². The quantitative estimate of drug-likeness (QED) is 0.757. The highest BCUT2D eigenvalue weighted by Crippen LogP contribution is 2.41. The molecule has 0 aromatic heterocycles. The van der Waals surface area contributed by atoms with E-state index in [0.717, 1.165) is 19.4 Å². The smallest absolute Gasteiger partial charge is 0.226 e. The first-order valence-electron chi connectivity index (χ1n) is 6.90. The fraction of sp³-hybridized carbons (Fsp3) is 0.786. The van der Waals surface area contributed by atoms with Gasteiger partial charge >= 0.3 is 0 Å². The van der Waals surface area contributed by atoms with E-state index in [-0.39, 0.29) is 17.9 Å². The van der Waals surface area contributed by atoms with Gasteiger partial charge in [-0.25, -0.2) is 0 Å². The standard InChI is InChI=1S/C14H21NO3/c1-2-3-18-13-7-11-4-10(13)8-15(11)14(17)9-5-12(16)6-9/h2,9-13,16H,1,3-8H2. The predicted octanol–water partition coefficient (Wildman–Crippen LogP) is 0.949. The summed E-state index contributed by atoms with van der Waals surface area (Å²) in [5, 5.41) is 9.28. The van der Waals surface area contributed by atoms with Crippen LogP contribution in [0, 0.1) is 11.8 Å². The van der Waals surface area contributed by atoms with Crippen molar-refractivity contribution in [1.82, 2.24) is 4.90 Å². The lowest BCUT2D eigenvalue weighted by molar-refractivity contribution is -0.145. The highest BCUT2D eigenvalue weighted by molar-refractivity contribution is 5.80. The number of aliphatic hydroxyl groups excluding tert-OH is 1. The van der Waals surface area contributed by atoms with E-state index >= 15 is 0 Å². The van der Waals surface area contributed by atoms with Crippen LogP contribution < -0.4 is 0 Å². The molecule has 0 aromatic carbocycles.